The molecule has 0 rings (SSSR count). The Labute approximate surface area is 60.8 Å². The van der Waals surface area contributed by atoms with E-state index < -0.39 is 0 Å². The predicted octanol–water partition coefficient (Wildman–Crippen LogP) is 0.743. The predicted molar refractivity (Wildman–Crippen MR) is 36.8 cm³/mol. The molecule has 0 fully saturated rings. The average molecular weight is 139 g/mol. The average Bonchev–Trinajstić information content (AvgIpc) is 1.97. The monoisotopic (exact) mass is 139 g/mol. The molecular formula is C7H9NO2. The summed E-state index contributed by atoms with van der Waals surface area (Å²) in [5.74, 6) is 5.07. The first-order valence-corrected chi connectivity index (χ1v) is 2.72. The van der Waals surface area contributed by atoms with Gasteiger partial charge in [-0.25, -0.2) is 0 Å². The summed E-state index contributed by atoms with van der Waals surface area (Å²) >= 11 is 0. The molecule has 0 heterocycles. The quantitative estimate of drug-likeness (QED) is 0.416. The van der Waals surface area contributed by atoms with E-state index in [0.29, 0.717) is 0 Å². The summed E-state index contributed by atoms with van der Waals surface area (Å²) in [5, 5.41) is 1.08. The number of hydrogen-bond donors (Lipinski definition) is 0. The van der Waals surface area contributed by atoms with E-state index in [9.17, 15) is 0 Å². The Kier molecular flexibility index (Phi) is 5.04. The SMILES string of the molecule is CC#CON(C)OC#CC. The molecule has 0 radical (unpaired) electrons. The molecule has 54 valence electrons. The molecule has 10 heavy (non-hydrogen) atoms. The van der Waals surface area contributed by atoms with Crippen molar-refractivity contribution in [1.82, 2.24) is 5.23 Å². The van der Waals surface area contributed by atoms with Gasteiger partial charge in [0.25, 0.3) is 0 Å². The van der Waals surface area contributed by atoms with Gasteiger partial charge in [0.1, 0.15) is 12.2 Å². The Balaban J connectivity index is 3.46. The minimum Gasteiger partial charge on any atom is -0.317 e. The highest BCUT2D eigenvalue weighted by atomic mass is 16.9. The summed E-state index contributed by atoms with van der Waals surface area (Å²) in [7, 11) is 1.56. The van der Waals surface area contributed by atoms with Gasteiger partial charge in [-0.2, -0.15) is 0 Å². The first kappa shape index (κ1) is 8.68. The Bertz CT molecular complexity index is 169. The third-order valence-electron chi connectivity index (χ3n) is 0.553. The van der Waals surface area contributed by atoms with E-state index in [-0.39, 0.29) is 0 Å². The van der Waals surface area contributed by atoms with Crippen molar-refractivity contribution in [2.45, 2.75) is 13.8 Å². The molecule has 0 saturated carbocycles. The van der Waals surface area contributed by atoms with Crippen LogP contribution in [0.25, 0.3) is 0 Å². The maximum atomic E-state index is 4.64. The van der Waals surface area contributed by atoms with Gasteiger partial charge in [0.15, 0.2) is 0 Å². The van der Waals surface area contributed by atoms with Crippen molar-refractivity contribution in [1.29, 1.82) is 0 Å². The van der Waals surface area contributed by atoms with Crippen molar-refractivity contribution in [2.75, 3.05) is 7.05 Å². The molecule has 0 unspecified atom stereocenters. The zero-order valence-electron chi connectivity index (χ0n) is 6.26. The van der Waals surface area contributed by atoms with Crippen LogP contribution < -0.4 is 0 Å². The molecular weight excluding hydrogens is 130 g/mol. The largest absolute Gasteiger partial charge is 0.317 e. The Morgan fingerprint density at radius 3 is 1.70 bits per heavy atom. The second kappa shape index (κ2) is 5.81. The lowest BCUT2D eigenvalue weighted by atomic mass is 10.8. The molecule has 3 heteroatoms. The number of hydrogen-bond acceptors (Lipinski definition) is 3. The van der Waals surface area contributed by atoms with Crippen molar-refractivity contribution in [3.63, 3.8) is 0 Å². The lowest BCUT2D eigenvalue weighted by molar-refractivity contribution is -0.278. The van der Waals surface area contributed by atoms with E-state index in [1.165, 1.54) is 0 Å². The summed E-state index contributed by atoms with van der Waals surface area (Å²) in [6.07, 6.45) is 4.68. The highest BCUT2D eigenvalue weighted by Crippen LogP contribution is 1.81. The molecule has 0 bridgehead atoms. The third kappa shape index (κ3) is 4.83. The highest BCUT2D eigenvalue weighted by molar-refractivity contribution is 4.85. The van der Waals surface area contributed by atoms with Crippen molar-refractivity contribution in [2.24, 2.45) is 0 Å². The van der Waals surface area contributed by atoms with Crippen LogP contribution in [0, 0.1) is 24.1 Å². The van der Waals surface area contributed by atoms with Crippen molar-refractivity contribution < 1.29 is 9.68 Å². The molecule has 3 nitrogen and oxygen atoms in total. The summed E-state index contributed by atoms with van der Waals surface area (Å²) in [4.78, 5) is 9.28. The minimum absolute atomic E-state index is 1.08. The summed E-state index contributed by atoms with van der Waals surface area (Å²) in [5.41, 5.74) is 0. The molecule has 0 aliphatic rings. The normalized spacial score (nSPS) is 6.80. The second-order valence-corrected chi connectivity index (χ2v) is 1.33. The van der Waals surface area contributed by atoms with Crippen LogP contribution in [0.2, 0.25) is 0 Å². The van der Waals surface area contributed by atoms with Crippen LogP contribution in [0.1, 0.15) is 13.8 Å². The fourth-order valence-electron chi connectivity index (χ4n) is 0.238. The fourth-order valence-corrected chi connectivity index (χ4v) is 0.238. The Morgan fingerprint density at radius 2 is 1.40 bits per heavy atom. The molecule has 0 spiro atoms. The van der Waals surface area contributed by atoms with Crippen LogP contribution in [0.3, 0.4) is 0 Å². The van der Waals surface area contributed by atoms with Crippen LogP contribution in [0.5, 0.6) is 0 Å². The molecule has 0 saturated heterocycles. The summed E-state index contributed by atoms with van der Waals surface area (Å²) in [6, 6.07) is 0. The smallest absolute Gasteiger partial charge is 0.142 e. The van der Waals surface area contributed by atoms with Crippen LogP contribution >= 0.6 is 0 Å². The fraction of sp³-hybridized carbons (Fsp3) is 0.429. The van der Waals surface area contributed by atoms with Gasteiger partial charge in [-0.15, -0.1) is 0 Å². The van der Waals surface area contributed by atoms with Gasteiger partial charge in [0, 0.05) is 19.1 Å². The van der Waals surface area contributed by atoms with E-state index in [4.69, 9.17) is 0 Å². The Hall–Kier alpha value is -1.32. The van der Waals surface area contributed by atoms with E-state index >= 15 is 0 Å². The molecule has 0 aliphatic carbocycles. The van der Waals surface area contributed by atoms with Crippen molar-refractivity contribution in [3.05, 3.63) is 0 Å². The van der Waals surface area contributed by atoms with Gasteiger partial charge in [-0.3, -0.25) is 0 Å². The molecule has 0 aromatic heterocycles. The van der Waals surface area contributed by atoms with Gasteiger partial charge >= 0.3 is 0 Å². The number of hydroxylamine groups is 2. The lowest BCUT2D eigenvalue weighted by Crippen LogP contribution is -2.13. The van der Waals surface area contributed by atoms with Gasteiger partial charge in [0.2, 0.25) is 0 Å². The standard InChI is InChI=1S/C7H9NO2/c1-4-6-9-8(3)10-7-5-2/h1-3H3. The molecule has 0 aromatic carbocycles. The minimum atomic E-state index is 1.08. The van der Waals surface area contributed by atoms with Crippen LogP contribution in [0.4, 0.5) is 0 Å². The third-order valence-corrected chi connectivity index (χ3v) is 0.553. The van der Waals surface area contributed by atoms with E-state index in [0.717, 1.165) is 5.23 Å². The van der Waals surface area contributed by atoms with E-state index in [1.807, 2.05) is 0 Å². The van der Waals surface area contributed by atoms with Gasteiger partial charge < -0.3 is 9.68 Å². The van der Waals surface area contributed by atoms with E-state index in [1.54, 1.807) is 20.9 Å². The maximum absolute atomic E-state index is 4.64. The highest BCUT2D eigenvalue weighted by Gasteiger charge is 1.89. The lowest BCUT2D eigenvalue weighted by Gasteiger charge is -2.05. The van der Waals surface area contributed by atoms with Crippen molar-refractivity contribution in [3.8, 4) is 24.1 Å². The first-order valence-electron chi connectivity index (χ1n) is 2.72. The topological polar surface area (TPSA) is 21.7 Å². The van der Waals surface area contributed by atoms with Gasteiger partial charge in [0.05, 0.1) is 7.05 Å². The number of nitrogens with zero attached hydrogens (tertiary/aromatic N) is 1. The van der Waals surface area contributed by atoms with Gasteiger partial charge in [-0.05, 0) is 0 Å². The van der Waals surface area contributed by atoms with Gasteiger partial charge in [-0.1, -0.05) is 11.8 Å². The molecule has 0 aromatic rings. The van der Waals surface area contributed by atoms with Crippen LogP contribution in [-0.4, -0.2) is 12.3 Å². The zero-order chi connectivity index (χ0) is 7.82. The summed E-state index contributed by atoms with van der Waals surface area (Å²) < 4.78 is 0. The maximum Gasteiger partial charge on any atom is 0.142 e. The Morgan fingerprint density at radius 1 is 1.00 bits per heavy atom. The molecule has 0 amide bonds. The molecule has 0 aliphatic heterocycles. The first-order chi connectivity index (χ1) is 4.81. The molecule has 0 N–H and O–H groups in total. The molecule has 0 atom stereocenters. The summed E-state index contributed by atoms with van der Waals surface area (Å²) in [6.45, 7) is 3.33. The van der Waals surface area contributed by atoms with Crippen molar-refractivity contribution >= 4 is 0 Å². The van der Waals surface area contributed by atoms with E-state index in [2.05, 4.69) is 33.7 Å². The van der Waals surface area contributed by atoms with Crippen LogP contribution in [-0.2, 0) is 9.68 Å². The second-order valence-electron chi connectivity index (χ2n) is 1.33. The number of rotatable bonds is 2. The zero-order valence-corrected chi connectivity index (χ0v) is 6.26. The van der Waals surface area contributed by atoms with Crippen LogP contribution in [0.15, 0.2) is 0 Å².